The van der Waals surface area contributed by atoms with E-state index in [0.717, 1.165) is 16.5 Å². The van der Waals surface area contributed by atoms with Crippen molar-refractivity contribution in [1.82, 2.24) is 20.3 Å². The summed E-state index contributed by atoms with van der Waals surface area (Å²) < 4.78 is 10.4. The number of nitrogens with zero attached hydrogens (tertiary/aromatic N) is 5. The molecule has 0 saturated carbocycles. The van der Waals surface area contributed by atoms with Crippen LogP contribution in [0.1, 0.15) is 11.3 Å². The van der Waals surface area contributed by atoms with Gasteiger partial charge in [0, 0.05) is 11.9 Å². The zero-order valence-corrected chi connectivity index (χ0v) is 15.1. The Kier molecular flexibility index (Phi) is 4.30. The topological polar surface area (TPSA) is 114 Å². The van der Waals surface area contributed by atoms with E-state index in [4.69, 9.17) is 9.05 Å². The predicted octanol–water partition coefficient (Wildman–Crippen LogP) is 3.82. The molecule has 9 nitrogen and oxygen atoms in total. The second-order valence-electron chi connectivity index (χ2n) is 6.23. The third-order valence-electron chi connectivity index (χ3n) is 4.22. The zero-order chi connectivity index (χ0) is 19.5. The smallest absolute Gasteiger partial charge is 0.245 e. The van der Waals surface area contributed by atoms with Crippen molar-refractivity contribution in [3.63, 3.8) is 0 Å². The van der Waals surface area contributed by atoms with E-state index < -0.39 is 0 Å². The molecule has 5 aromatic rings. The standard InChI is InChI=1S/C20H15N7O2/c1-2-6-13(7-3-1)11-21-17-18(24-20-19(23-17)26-29-27-20)25-22-12-15-10-14-8-4-5-9-16(14)28-15/h1-10,12H,11H2,(H,21,23,26)(H,24,25,27)/b22-12+. The van der Waals surface area contributed by atoms with Crippen LogP contribution in [0, 0.1) is 0 Å². The highest BCUT2D eigenvalue weighted by Gasteiger charge is 2.12. The van der Waals surface area contributed by atoms with E-state index in [1.165, 1.54) is 0 Å². The summed E-state index contributed by atoms with van der Waals surface area (Å²) in [6.45, 7) is 0.564. The SMILES string of the molecule is C(=N\Nc1nc2nonc2nc1NCc1ccccc1)/c1cc2ccccc2o1. The van der Waals surface area contributed by atoms with Gasteiger partial charge in [-0.25, -0.2) is 9.61 Å². The van der Waals surface area contributed by atoms with Crippen LogP contribution in [0.2, 0.25) is 0 Å². The molecule has 0 bridgehead atoms. The lowest BCUT2D eigenvalue weighted by Crippen LogP contribution is -2.06. The number of anilines is 2. The van der Waals surface area contributed by atoms with Crippen molar-refractivity contribution in [2.45, 2.75) is 6.54 Å². The lowest BCUT2D eigenvalue weighted by Gasteiger charge is -2.09. The minimum absolute atomic E-state index is 0.289. The lowest BCUT2D eigenvalue weighted by atomic mass is 10.2. The van der Waals surface area contributed by atoms with Gasteiger partial charge in [-0.1, -0.05) is 48.5 Å². The fraction of sp³-hybridized carbons (Fsp3) is 0.0500. The van der Waals surface area contributed by atoms with Gasteiger partial charge in [0.2, 0.25) is 11.3 Å². The first kappa shape index (κ1) is 16.9. The van der Waals surface area contributed by atoms with E-state index in [1.54, 1.807) is 6.21 Å². The molecule has 3 aromatic heterocycles. The summed E-state index contributed by atoms with van der Waals surface area (Å²) in [5.41, 5.74) is 5.39. The van der Waals surface area contributed by atoms with Crippen LogP contribution in [0.25, 0.3) is 22.3 Å². The quantitative estimate of drug-likeness (QED) is 0.335. The third-order valence-corrected chi connectivity index (χ3v) is 4.22. The molecular formula is C20H15N7O2. The molecule has 0 radical (unpaired) electrons. The van der Waals surface area contributed by atoms with Gasteiger partial charge in [-0.05, 0) is 28.0 Å². The number of hydrogen-bond donors (Lipinski definition) is 2. The van der Waals surface area contributed by atoms with Crippen molar-refractivity contribution in [1.29, 1.82) is 0 Å². The Labute approximate surface area is 164 Å². The van der Waals surface area contributed by atoms with E-state index in [1.807, 2.05) is 60.7 Å². The maximum absolute atomic E-state index is 5.72. The highest BCUT2D eigenvalue weighted by molar-refractivity contribution is 5.87. The van der Waals surface area contributed by atoms with Crippen molar-refractivity contribution in [3.8, 4) is 0 Å². The molecule has 9 heteroatoms. The Morgan fingerprint density at radius 1 is 0.897 bits per heavy atom. The van der Waals surface area contributed by atoms with Gasteiger partial charge >= 0.3 is 0 Å². The van der Waals surface area contributed by atoms with Gasteiger partial charge in [-0.2, -0.15) is 10.1 Å². The van der Waals surface area contributed by atoms with E-state index in [9.17, 15) is 0 Å². The number of hydrogen-bond acceptors (Lipinski definition) is 9. The molecule has 29 heavy (non-hydrogen) atoms. The molecule has 0 atom stereocenters. The number of aromatic nitrogens is 4. The molecule has 0 saturated heterocycles. The minimum Gasteiger partial charge on any atom is -0.455 e. The third kappa shape index (κ3) is 3.61. The summed E-state index contributed by atoms with van der Waals surface area (Å²) in [6.07, 6.45) is 1.58. The maximum atomic E-state index is 5.72. The van der Waals surface area contributed by atoms with Gasteiger partial charge in [0.05, 0.1) is 6.21 Å². The highest BCUT2D eigenvalue weighted by Crippen LogP contribution is 2.21. The number of furan rings is 1. The molecule has 0 aliphatic heterocycles. The lowest BCUT2D eigenvalue weighted by molar-refractivity contribution is 0.314. The molecular weight excluding hydrogens is 370 g/mol. The summed E-state index contributed by atoms with van der Waals surface area (Å²) in [5.74, 6) is 1.50. The summed E-state index contributed by atoms with van der Waals surface area (Å²) >= 11 is 0. The highest BCUT2D eigenvalue weighted by atomic mass is 16.6. The second kappa shape index (κ2) is 7.39. The Morgan fingerprint density at radius 2 is 1.66 bits per heavy atom. The molecule has 2 aromatic carbocycles. The van der Waals surface area contributed by atoms with Crippen molar-refractivity contribution in [3.05, 3.63) is 72.0 Å². The summed E-state index contributed by atoms with van der Waals surface area (Å²) in [7, 11) is 0. The van der Waals surface area contributed by atoms with Crippen LogP contribution in [0.3, 0.4) is 0 Å². The largest absolute Gasteiger partial charge is 0.455 e. The molecule has 0 aliphatic rings. The Bertz CT molecular complexity index is 1260. The van der Waals surface area contributed by atoms with Crippen LogP contribution in [-0.4, -0.2) is 26.5 Å². The summed E-state index contributed by atoms with van der Waals surface area (Å²) in [5, 5.41) is 16.0. The van der Waals surface area contributed by atoms with Gasteiger partial charge in [0.15, 0.2) is 11.6 Å². The minimum atomic E-state index is 0.289. The number of nitrogens with one attached hydrogen (secondary N) is 2. The zero-order valence-electron chi connectivity index (χ0n) is 15.1. The fourth-order valence-corrected chi connectivity index (χ4v) is 2.84. The predicted molar refractivity (Wildman–Crippen MR) is 109 cm³/mol. The van der Waals surface area contributed by atoms with Crippen LogP contribution in [0.15, 0.2) is 74.8 Å². The molecule has 2 N–H and O–H groups in total. The van der Waals surface area contributed by atoms with Gasteiger partial charge in [-0.15, -0.1) is 0 Å². The maximum Gasteiger partial charge on any atom is 0.245 e. The normalized spacial score (nSPS) is 11.4. The molecule has 0 amide bonds. The molecule has 142 valence electrons. The van der Waals surface area contributed by atoms with Gasteiger partial charge < -0.3 is 9.73 Å². The van der Waals surface area contributed by atoms with Gasteiger partial charge in [0.1, 0.15) is 11.3 Å². The molecule has 0 spiro atoms. The van der Waals surface area contributed by atoms with Crippen LogP contribution >= 0.6 is 0 Å². The monoisotopic (exact) mass is 385 g/mol. The first-order chi connectivity index (χ1) is 14.3. The molecule has 3 heterocycles. The number of benzene rings is 2. The van der Waals surface area contributed by atoms with E-state index in [-0.39, 0.29) is 5.65 Å². The van der Waals surface area contributed by atoms with Gasteiger partial charge in [-0.3, -0.25) is 5.43 Å². The molecule has 5 rings (SSSR count). The van der Waals surface area contributed by atoms with E-state index >= 15 is 0 Å². The number of hydrazone groups is 1. The summed E-state index contributed by atoms with van der Waals surface area (Å²) in [6, 6.07) is 19.6. The van der Waals surface area contributed by atoms with Crippen molar-refractivity contribution in [2.75, 3.05) is 10.7 Å². The summed E-state index contributed by atoms with van der Waals surface area (Å²) in [4.78, 5) is 8.78. The number of para-hydroxylation sites is 1. The molecule has 0 fully saturated rings. The Morgan fingerprint density at radius 3 is 2.48 bits per heavy atom. The van der Waals surface area contributed by atoms with Crippen molar-refractivity contribution >= 4 is 40.1 Å². The Balaban J connectivity index is 1.38. The van der Waals surface area contributed by atoms with Crippen LogP contribution < -0.4 is 10.7 Å². The number of fused-ring (bicyclic) bond motifs is 2. The number of rotatable bonds is 6. The van der Waals surface area contributed by atoms with Crippen LogP contribution in [0.4, 0.5) is 11.6 Å². The van der Waals surface area contributed by atoms with Crippen molar-refractivity contribution in [2.24, 2.45) is 5.10 Å². The fourth-order valence-electron chi connectivity index (χ4n) is 2.84. The Hall–Kier alpha value is -4.27. The first-order valence-corrected chi connectivity index (χ1v) is 8.91. The van der Waals surface area contributed by atoms with Crippen LogP contribution in [-0.2, 0) is 6.54 Å². The van der Waals surface area contributed by atoms with Gasteiger partial charge in [0.25, 0.3) is 0 Å². The molecule has 0 aliphatic carbocycles. The first-order valence-electron chi connectivity index (χ1n) is 8.91. The average Bonchev–Trinajstić information content (AvgIpc) is 3.38. The van der Waals surface area contributed by atoms with E-state index in [0.29, 0.717) is 29.6 Å². The van der Waals surface area contributed by atoms with Crippen LogP contribution in [0.5, 0.6) is 0 Å². The second-order valence-corrected chi connectivity index (χ2v) is 6.23. The molecule has 0 unspecified atom stereocenters. The van der Waals surface area contributed by atoms with Crippen molar-refractivity contribution < 1.29 is 9.05 Å². The van der Waals surface area contributed by atoms with E-state index in [2.05, 4.69) is 36.1 Å². The average molecular weight is 385 g/mol.